The van der Waals surface area contributed by atoms with Gasteiger partial charge in [0.05, 0.1) is 17.7 Å². The predicted octanol–water partition coefficient (Wildman–Crippen LogP) is 2.09. The van der Waals surface area contributed by atoms with E-state index in [4.69, 9.17) is 4.42 Å². The number of ketones is 2. The summed E-state index contributed by atoms with van der Waals surface area (Å²) in [5, 5.41) is 12.4. The molecule has 1 aromatic heterocycles. The molecule has 0 bridgehead atoms. The molecule has 0 aliphatic heterocycles. The van der Waals surface area contributed by atoms with Gasteiger partial charge in [-0.3, -0.25) is 9.59 Å². The lowest BCUT2D eigenvalue weighted by molar-refractivity contribution is 0.0958. The molecule has 0 saturated carbocycles. The summed E-state index contributed by atoms with van der Waals surface area (Å²) in [7, 11) is 0. The minimum absolute atomic E-state index is 0.101. The molecule has 5 heteroatoms. The summed E-state index contributed by atoms with van der Waals surface area (Å²) in [5.41, 5.74) is 1.10. The van der Waals surface area contributed by atoms with Gasteiger partial charge in [0.2, 0.25) is 5.78 Å². The Kier molecular flexibility index (Phi) is 3.68. The van der Waals surface area contributed by atoms with Crippen molar-refractivity contribution in [1.82, 2.24) is 5.32 Å². The van der Waals surface area contributed by atoms with Crippen LogP contribution >= 0.6 is 0 Å². The zero-order chi connectivity index (χ0) is 15.9. The standard InChI is InChI=1S/C17H17NO4/c1-9(19)8-18-10(2)14-7-13-15(20)11-5-3-4-6-12(11)16(21)17(13)22-14/h3-7,9-10,18-19H,8H2,1-2H3. The molecule has 0 amide bonds. The van der Waals surface area contributed by atoms with Crippen molar-refractivity contribution in [2.24, 2.45) is 0 Å². The molecule has 22 heavy (non-hydrogen) atoms. The van der Waals surface area contributed by atoms with Gasteiger partial charge in [0.1, 0.15) is 5.76 Å². The third kappa shape index (κ3) is 2.38. The number of benzene rings is 1. The van der Waals surface area contributed by atoms with E-state index in [1.807, 2.05) is 6.92 Å². The largest absolute Gasteiger partial charge is 0.455 e. The summed E-state index contributed by atoms with van der Waals surface area (Å²) in [5.74, 6) is 0.159. The van der Waals surface area contributed by atoms with Crippen LogP contribution in [-0.2, 0) is 0 Å². The molecule has 1 heterocycles. The molecule has 1 aliphatic carbocycles. The summed E-state index contributed by atoms with van der Waals surface area (Å²) in [6, 6.07) is 8.17. The second-order valence-electron chi connectivity index (χ2n) is 5.57. The van der Waals surface area contributed by atoms with Crippen molar-refractivity contribution >= 4 is 11.6 Å². The first-order chi connectivity index (χ1) is 10.5. The highest BCUT2D eigenvalue weighted by atomic mass is 16.4. The Balaban J connectivity index is 1.95. The number of carbonyl (C=O) groups excluding carboxylic acids is 2. The third-order valence-electron chi connectivity index (χ3n) is 3.76. The maximum absolute atomic E-state index is 12.5. The number of hydrogen-bond donors (Lipinski definition) is 2. The van der Waals surface area contributed by atoms with Crippen LogP contribution in [0, 0.1) is 0 Å². The van der Waals surface area contributed by atoms with E-state index in [1.54, 1.807) is 37.3 Å². The lowest BCUT2D eigenvalue weighted by atomic mass is 9.88. The number of rotatable bonds is 4. The van der Waals surface area contributed by atoms with Gasteiger partial charge in [-0.1, -0.05) is 24.3 Å². The first-order valence-electron chi connectivity index (χ1n) is 7.22. The van der Waals surface area contributed by atoms with Gasteiger partial charge in [-0.15, -0.1) is 0 Å². The number of fused-ring (bicyclic) bond motifs is 2. The zero-order valence-electron chi connectivity index (χ0n) is 12.4. The first kappa shape index (κ1) is 14.7. The maximum atomic E-state index is 12.5. The number of aliphatic hydroxyl groups excluding tert-OH is 1. The van der Waals surface area contributed by atoms with Crippen LogP contribution in [0.25, 0.3) is 0 Å². The molecule has 2 atom stereocenters. The fourth-order valence-corrected chi connectivity index (χ4v) is 2.56. The van der Waals surface area contributed by atoms with E-state index in [-0.39, 0.29) is 23.4 Å². The molecular weight excluding hydrogens is 282 g/mol. The Morgan fingerprint density at radius 2 is 1.73 bits per heavy atom. The summed E-state index contributed by atoms with van der Waals surface area (Å²) in [6.07, 6.45) is -0.487. The van der Waals surface area contributed by atoms with E-state index in [1.165, 1.54) is 0 Å². The molecule has 5 nitrogen and oxygen atoms in total. The molecular formula is C17H17NO4. The highest BCUT2D eigenvalue weighted by molar-refractivity contribution is 6.27. The third-order valence-corrected chi connectivity index (χ3v) is 3.76. The smallest absolute Gasteiger partial charge is 0.229 e. The average molecular weight is 299 g/mol. The second-order valence-corrected chi connectivity index (χ2v) is 5.57. The molecule has 2 aromatic rings. The maximum Gasteiger partial charge on any atom is 0.229 e. The fraction of sp³-hybridized carbons (Fsp3) is 0.294. The molecule has 2 unspecified atom stereocenters. The number of furan rings is 1. The van der Waals surface area contributed by atoms with Crippen LogP contribution in [-0.4, -0.2) is 29.3 Å². The van der Waals surface area contributed by atoms with Gasteiger partial charge in [-0.05, 0) is 19.9 Å². The highest BCUT2D eigenvalue weighted by Gasteiger charge is 2.34. The lowest BCUT2D eigenvalue weighted by Crippen LogP contribution is -2.26. The molecule has 0 saturated heterocycles. The Morgan fingerprint density at radius 3 is 2.36 bits per heavy atom. The van der Waals surface area contributed by atoms with Crippen LogP contribution in [0.5, 0.6) is 0 Å². The average Bonchev–Trinajstić information content (AvgIpc) is 2.96. The summed E-state index contributed by atoms with van der Waals surface area (Å²) >= 11 is 0. The molecule has 0 radical (unpaired) electrons. The van der Waals surface area contributed by atoms with Gasteiger partial charge in [0, 0.05) is 17.7 Å². The van der Waals surface area contributed by atoms with Crippen molar-refractivity contribution in [1.29, 1.82) is 0 Å². The van der Waals surface area contributed by atoms with Crippen LogP contribution in [0.3, 0.4) is 0 Å². The van der Waals surface area contributed by atoms with Gasteiger partial charge in [-0.2, -0.15) is 0 Å². The number of nitrogens with one attached hydrogen (secondary N) is 1. The topological polar surface area (TPSA) is 79.5 Å². The van der Waals surface area contributed by atoms with Crippen molar-refractivity contribution in [3.05, 3.63) is 58.5 Å². The van der Waals surface area contributed by atoms with Gasteiger partial charge < -0.3 is 14.8 Å². The molecule has 0 fully saturated rings. The second kappa shape index (κ2) is 5.51. The van der Waals surface area contributed by atoms with Crippen molar-refractivity contribution in [2.75, 3.05) is 6.54 Å². The van der Waals surface area contributed by atoms with Gasteiger partial charge in [0.25, 0.3) is 0 Å². The number of aliphatic hydroxyl groups is 1. The fourth-order valence-electron chi connectivity index (χ4n) is 2.56. The molecule has 0 spiro atoms. The van der Waals surface area contributed by atoms with Gasteiger partial charge >= 0.3 is 0 Å². The van der Waals surface area contributed by atoms with Gasteiger partial charge in [0.15, 0.2) is 11.5 Å². The molecule has 1 aliphatic rings. The Labute approximate surface area is 127 Å². The van der Waals surface area contributed by atoms with Gasteiger partial charge in [-0.25, -0.2) is 0 Å². The van der Waals surface area contributed by atoms with E-state index < -0.39 is 6.10 Å². The molecule has 2 N–H and O–H groups in total. The summed E-state index contributed by atoms with van der Waals surface area (Å²) < 4.78 is 5.63. The normalized spacial score (nSPS) is 16.1. The van der Waals surface area contributed by atoms with E-state index in [2.05, 4.69) is 5.32 Å². The van der Waals surface area contributed by atoms with Crippen molar-refractivity contribution < 1.29 is 19.1 Å². The Hall–Kier alpha value is -2.24. The van der Waals surface area contributed by atoms with E-state index in [9.17, 15) is 14.7 Å². The number of carbonyl (C=O) groups is 2. The van der Waals surface area contributed by atoms with Crippen molar-refractivity contribution in [3.63, 3.8) is 0 Å². The van der Waals surface area contributed by atoms with Crippen LogP contribution in [0.15, 0.2) is 34.7 Å². The lowest BCUT2D eigenvalue weighted by Gasteiger charge is -2.12. The van der Waals surface area contributed by atoms with Crippen molar-refractivity contribution in [2.45, 2.75) is 26.0 Å². The number of hydrogen-bond acceptors (Lipinski definition) is 5. The first-order valence-corrected chi connectivity index (χ1v) is 7.22. The summed E-state index contributed by atoms with van der Waals surface area (Å²) in [4.78, 5) is 24.9. The minimum atomic E-state index is -0.487. The Morgan fingerprint density at radius 1 is 1.09 bits per heavy atom. The van der Waals surface area contributed by atoms with Crippen LogP contribution in [0.2, 0.25) is 0 Å². The van der Waals surface area contributed by atoms with E-state index in [0.29, 0.717) is 29.0 Å². The summed E-state index contributed by atoms with van der Waals surface area (Å²) in [6.45, 7) is 3.93. The monoisotopic (exact) mass is 299 g/mol. The zero-order valence-corrected chi connectivity index (χ0v) is 12.4. The predicted molar refractivity (Wildman–Crippen MR) is 80.1 cm³/mol. The molecule has 114 valence electrons. The van der Waals surface area contributed by atoms with Crippen LogP contribution in [0.1, 0.15) is 57.7 Å². The molecule has 3 rings (SSSR count). The van der Waals surface area contributed by atoms with Crippen LogP contribution in [0.4, 0.5) is 0 Å². The minimum Gasteiger partial charge on any atom is -0.455 e. The van der Waals surface area contributed by atoms with E-state index >= 15 is 0 Å². The highest BCUT2D eigenvalue weighted by Crippen LogP contribution is 2.31. The van der Waals surface area contributed by atoms with Crippen molar-refractivity contribution in [3.8, 4) is 0 Å². The van der Waals surface area contributed by atoms with Crippen LogP contribution < -0.4 is 5.32 Å². The Bertz CT molecular complexity index is 692. The quantitative estimate of drug-likeness (QED) is 0.771. The molecule has 1 aromatic carbocycles. The SMILES string of the molecule is CC(O)CNC(C)c1cc2c(o1)C(=O)c1ccccc1C2=O. The van der Waals surface area contributed by atoms with E-state index in [0.717, 1.165) is 0 Å².